The Morgan fingerprint density at radius 1 is 1.33 bits per heavy atom. The summed E-state index contributed by atoms with van der Waals surface area (Å²) < 4.78 is 1.94. The zero-order valence-corrected chi connectivity index (χ0v) is 12.2. The van der Waals surface area contributed by atoms with Crippen molar-refractivity contribution in [3.05, 3.63) is 52.8 Å². The van der Waals surface area contributed by atoms with Crippen molar-refractivity contribution in [1.82, 2.24) is 14.7 Å². The predicted molar refractivity (Wildman–Crippen MR) is 80.9 cm³/mol. The smallest absolute Gasteiger partial charge is 0.269 e. The molecule has 0 atom stereocenters. The van der Waals surface area contributed by atoms with E-state index >= 15 is 0 Å². The Bertz CT molecular complexity index is 648. The minimum Gasteiger partial charge on any atom is -0.364 e. The van der Waals surface area contributed by atoms with Gasteiger partial charge in [0.1, 0.15) is 0 Å². The van der Waals surface area contributed by atoms with E-state index in [-0.39, 0.29) is 0 Å². The lowest BCUT2D eigenvalue weighted by Gasteiger charge is -2.26. The van der Waals surface area contributed by atoms with Crippen LogP contribution in [0.2, 0.25) is 0 Å². The number of aromatic nitrogens is 2. The van der Waals surface area contributed by atoms with Crippen LogP contribution >= 0.6 is 0 Å². The minimum atomic E-state index is -0.434. The quantitative estimate of drug-likeness (QED) is 0.923. The first-order chi connectivity index (χ1) is 10.2. The lowest BCUT2D eigenvalue weighted by atomic mass is 10.0. The van der Waals surface area contributed by atoms with Crippen molar-refractivity contribution in [3.8, 4) is 0 Å². The van der Waals surface area contributed by atoms with E-state index in [0.717, 1.165) is 37.3 Å². The molecule has 21 heavy (non-hydrogen) atoms. The molecular formula is C16H20N4O. The van der Waals surface area contributed by atoms with Gasteiger partial charge in [-0.15, -0.1) is 0 Å². The average Bonchev–Trinajstić information content (AvgIpc) is 2.86. The third kappa shape index (κ3) is 2.69. The van der Waals surface area contributed by atoms with Gasteiger partial charge in [0.05, 0.1) is 6.54 Å². The van der Waals surface area contributed by atoms with E-state index in [0.29, 0.717) is 12.2 Å². The van der Waals surface area contributed by atoms with Gasteiger partial charge in [-0.1, -0.05) is 37.3 Å². The zero-order valence-electron chi connectivity index (χ0n) is 12.2. The number of hydrogen-bond donors (Lipinski definition) is 1. The van der Waals surface area contributed by atoms with Crippen molar-refractivity contribution in [2.24, 2.45) is 5.73 Å². The summed E-state index contributed by atoms with van der Waals surface area (Å²) in [6.07, 6.45) is 0.913. The zero-order chi connectivity index (χ0) is 14.8. The van der Waals surface area contributed by atoms with E-state index in [4.69, 9.17) is 5.73 Å². The normalized spacial score (nSPS) is 14.9. The lowest BCUT2D eigenvalue weighted by molar-refractivity contribution is 0.0992. The number of fused-ring (bicyclic) bond motifs is 1. The number of primary amides is 1. The first kappa shape index (κ1) is 13.8. The fourth-order valence-corrected chi connectivity index (χ4v) is 2.90. The highest BCUT2D eigenvalue weighted by molar-refractivity contribution is 5.92. The molecule has 1 aromatic carbocycles. The van der Waals surface area contributed by atoms with Crippen molar-refractivity contribution in [1.29, 1.82) is 0 Å². The molecule has 0 radical (unpaired) electrons. The van der Waals surface area contributed by atoms with Gasteiger partial charge in [-0.05, 0) is 12.1 Å². The summed E-state index contributed by atoms with van der Waals surface area (Å²) in [4.78, 5) is 14.0. The van der Waals surface area contributed by atoms with Gasteiger partial charge in [0.2, 0.25) is 0 Å². The van der Waals surface area contributed by atoms with Gasteiger partial charge in [-0.3, -0.25) is 14.4 Å². The number of likely N-dealkylation sites (N-methyl/N-ethyl adjacent to an activating group) is 1. The van der Waals surface area contributed by atoms with Crippen LogP contribution in [-0.2, 0) is 19.5 Å². The largest absolute Gasteiger partial charge is 0.364 e. The first-order valence-electron chi connectivity index (χ1n) is 7.33. The molecule has 0 saturated carbocycles. The molecule has 2 N–H and O–H groups in total. The molecule has 1 amide bonds. The predicted octanol–water partition coefficient (Wildman–Crippen LogP) is 1.41. The van der Waals surface area contributed by atoms with E-state index in [9.17, 15) is 4.79 Å². The third-order valence-corrected chi connectivity index (χ3v) is 4.07. The Morgan fingerprint density at radius 2 is 2.10 bits per heavy atom. The number of nitrogens with zero attached hydrogens (tertiary/aromatic N) is 3. The second-order valence-electron chi connectivity index (χ2n) is 5.40. The lowest BCUT2D eigenvalue weighted by Crippen LogP contribution is -2.31. The molecule has 2 aromatic rings. The monoisotopic (exact) mass is 284 g/mol. The number of nitrogens with two attached hydrogens (primary N) is 1. The Balaban J connectivity index is 1.97. The third-order valence-electron chi connectivity index (χ3n) is 4.07. The molecular weight excluding hydrogens is 264 g/mol. The van der Waals surface area contributed by atoms with Gasteiger partial charge in [0, 0.05) is 30.8 Å². The second kappa shape index (κ2) is 5.69. The molecule has 5 nitrogen and oxygen atoms in total. The summed E-state index contributed by atoms with van der Waals surface area (Å²) in [6.45, 7) is 5.55. The molecule has 0 saturated heterocycles. The van der Waals surface area contributed by atoms with Crippen LogP contribution in [0.4, 0.5) is 0 Å². The topological polar surface area (TPSA) is 64.2 Å². The molecule has 3 rings (SSSR count). The molecule has 0 unspecified atom stereocenters. The van der Waals surface area contributed by atoms with Gasteiger partial charge in [-0.25, -0.2) is 0 Å². The highest BCUT2D eigenvalue weighted by atomic mass is 16.1. The molecule has 0 spiro atoms. The molecule has 0 aliphatic carbocycles. The van der Waals surface area contributed by atoms with Gasteiger partial charge in [0.15, 0.2) is 5.69 Å². The average molecular weight is 284 g/mol. The van der Waals surface area contributed by atoms with Crippen LogP contribution in [0.3, 0.4) is 0 Å². The van der Waals surface area contributed by atoms with Crippen LogP contribution in [-0.4, -0.2) is 33.7 Å². The highest BCUT2D eigenvalue weighted by Crippen LogP contribution is 2.23. The summed E-state index contributed by atoms with van der Waals surface area (Å²) in [5.41, 5.74) is 9.26. The van der Waals surface area contributed by atoms with Crippen molar-refractivity contribution < 1.29 is 4.79 Å². The summed E-state index contributed by atoms with van der Waals surface area (Å²) in [5.74, 6) is -0.434. The molecule has 0 fully saturated rings. The molecule has 1 aliphatic rings. The molecule has 1 aromatic heterocycles. The number of rotatable bonds is 4. The van der Waals surface area contributed by atoms with Crippen molar-refractivity contribution in [3.63, 3.8) is 0 Å². The number of carbonyl (C=O) groups is 1. The Kier molecular flexibility index (Phi) is 3.75. The van der Waals surface area contributed by atoms with Crippen LogP contribution in [0, 0.1) is 0 Å². The molecule has 1 aliphatic heterocycles. The maximum Gasteiger partial charge on any atom is 0.269 e. The van der Waals surface area contributed by atoms with Crippen molar-refractivity contribution in [2.75, 3.05) is 13.1 Å². The van der Waals surface area contributed by atoms with Gasteiger partial charge in [-0.2, -0.15) is 5.10 Å². The van der Waals surface area contributed by atoms with Crippen LogP contribution in [0.1, 0.15) is 34.2 Å². The number of hydrogen-bond acceptors (Lipinski definition) is 3. The summed E-state index contributed by atoms with van der Waals surface area (Å²) in [5, 5.41) is 4.47. The van der Waals surface area contributed by atoms with E-state index < -0.39 is 5.91 Å². The molecule has 0 bridgehead atoms. The fourth-order valence-electron chi connectivity index (χ4n) is 2.90. The van der Waals surface area contributed by atoms with E-state index in [1.807, 2.05) is 22.9 Å². The SMILES string of the molecule is CCN1CCc2c(c(C(N)=O)nn2Cc2ccccc2)C1. The summed E-state index contributed by atoms with van der Waals surface area (Å²) in [6, 6.07) is 10.2. The van der Waals surface area contributed by atoms with E-state index in [1.54, 1.807) is 0 Å². The number of amides is 1. The minimum absolute atomic E-state index is 0.430. The summed E-state index contributed by atoms with van der Waals surface area (Å²) in [7, 11) is 0. The Hall–Kier alpha value is -2.14. The van der Waals surface area contributed by atoms with Crippen LogP contribution in [0.15, 0.2) is 30.3 Å². The molecule has 5 heteroatoms. The highest BCUT2D eigenvalue weighted by Gasteiger charge is 2.26. The second-order valence-corrected chi connectivity index (χ2v) is 5.40. The van der Waals surface area contributed by atoms with Crippen LogP contribution in [0.5, 0.6) is 0 Å². The van der Waals surface area contributed by atoms with Crippen molar-refractivity contribution in [2.45, 2.75) is 26.4 Å². The summed E-state index contributed by atoms with van der Waals surface area (Å²) >= 11 is 0. The van der Waals surface area contributed by atoms with Crippen LogP contribution in [0.25, 0.3) is 0 Å². The first-order valence-corrected chi connectivity index (χ1v) is 7.33. The standard InChI is InChI=1S/C16H20N4O/c1-2-19-9-8-14-13(11-19)15(16(17)21)18-20(14)10-12-6-4-3-5-7-12/h3-7H,2,8-11H2,1H3,(H2,17,21). The molecule has 110 valence electrons. The molecule has 2 heterocycles. The van der Waals surface area contributed by atoms with E-state index in [2.05, 4.69) is 29.1 Å². The van der Waals surface area contributed by atoms with Gasteiger partial charge in [0.25, 0.3) is 5.91 Å². The fraction of sp³-hybridized carbons (Fsp3) is 0.375. The maximum absolute atomic E-state index is 11.7. The van der Waals surface area contributed by atoms with Crippen molar-refractivity contribution >= 4 is 5.91 Å². The van der Waals surface area contributed by atoms with E-state index in [1.165, 1.54) is 5.56 Å². The van der Waals surface area contributed by atoms with Gasteiger partial charge >= 0.3 is 0 Å². The Labute approximate surface area is 124 Å². The number of carbonyl (C=O) groups excluding carboxylic acids is 1. The van der Waals surface area contributed by atoms with Gasteiger partial charge < -0.3 is 5.73 Å². The number of benzene rings is 1. The van der Waals surface area contributed by atoms with Crippen LogP contribution < -0.4 is 5.73 Å². The maximum atomic E-state index is 11.7. The Morgan fingerprint density at radius 3 is 2.76 bits per heavy atom.